The molecule has 3 heterocycles. The first-order valence-corrected chi connectivity index (χ1v) is 7.50. The molecule has 5 heteroatoms. The van der Waals surface area contributed by atoms with Gasteiger partial charge in [-0.2, -0.15) is 5.10 Å². The van der Waals surface area contributed by atoms with Gasteiger partial charge in [0.2, 0.25) is 0 Å². The van der Waals surface area contributed by atoms with Crippen molar-refractivity contribution in [2.75, 3.05) is 13.1 Å². The maximum Gasteiger partial charge on any atom is 0.275 e. The van der Waals surface area contributed by atoms with Gasteiger partial charge in [-0.05, 0) is 19.4 Å². The Hall–Kier alpha value is -1.88. The van der Waals surface area contributed by atoms with Gasteiger partial charge < -0.3 is 9.64 Å². The Balaban J connectivity index is 1.63. The number of amides is 1. The van der Waals surface area contributed by atoms with Crippen LogP contribution < -0.4 is 0 Å². The Labute approximate surface area is 123 Å². The van der Waals surface area contributed by atoms with E-state index in [9.17, 15) is 4.79 Å². The van der Waals surface area contributed by atoms with E-state index < -0.39 is 0 Å². The number of nitrogens with zero attached hydrogens (tertiary/aromatic N) is 3. The highest BCUT2D eigenvalue weighted by molar-refractivity contribution is 6.04. The molecule has 0 N–H and O–H groups in total. The molecule has 2 saturated heterocycles. The van der Waals surface area contributed by atoms with Crippen LogP contribution in [0.15, 0.2) is 24.3 Å². The van der Waals surface area contributed by atoms with Gasteiger partial charge in [-0.1, -0.05) is 18.2 Å². The molecule has 5 nitrogen and oxygen atoms in total. The summed E-state index contributed by atoms with van der Waals surface area (Å²) in [6, 6.07) is 7.87. The van der Waals surface area contributed by atoms with E-state index in [1.165, 1.54) is 0 Å². The fourth-order valence-corrected chi connectivity index (χ4v) is 3.69. The van der Waals surface area contributed by atoms with Crippen molar-refractivity contribution >= 4 is 16.8 Å². The number of ether oxygens (including phenoxy) is 1. The lowest BCUT2D eigenvalue weighted by atomic mass is 10.0. The molecule has 1 aromatic heterocycles. The van der Waals surface area contributed by atoms with Crippen molar-refractivity contribution in [3.05, 3.63) is 30.0 Å². The molecule has 1 amide bonds. The van der Waals surface area contributed by atoms with Crippen molar-refractivity contribution in [1.29, 1.82) is 0 Å². The lowest BCUT2D eigenvalue weighted by Crippen LogP contribution is -2.31. The molecule has 2 aliphatic rings. The Morgan fingerprint density at radius 3 is 2.95 bits per heavy atom. The number of rotatable bonds is 1. The lowest BCUT2D eigenvalue weighted by Gasteiger charge is -2.17. The number of hydrogen-bond acceptors (Lipinski definition) is 3. The molecule has 0 saturated carbocycles. The van der Waals surface area contributed by atoms with Crippen molar-refractivity contribution in [3.8, 4) is 0 Å². The van der Waals surface area contributed by atoms with Gasteiger partial charge in [0.25, 0.3) is 5.91 Å². The van der Waals surface area contributed by atoms with Crippen molar-refractivity contribution < 1.29 is 9.53 Å². The second-order valence-corrected chi connectivity index (χ2v) is 6.18. The average Bonchev–Trinajstić information content (AvgIpc) is 3.10. The summed E-state index contributed by atoms with van der Waals surface area (Å²) in [4.78, 5) is 14.7. The molecule has 0 radical (unpaired) electrons. The van der Waals surface area contributed by atoms with Crippen molar-refractivity contribution in [2.45, 2.75) is 25.6 Å². The van der Waals surface area contributed by atoms with E-state index in [-0.39, 0.29) is 12.0 Å². The van der Waals surface area contributed by atoms with E-state index >= 15 is 0 Å². The Kier molecular flexibility index (Phi) is 2.79. The Morgan fingerprint density at radius 1 is 1.33 bits per heavy atom. The van der Waals surface area contributed by atoms with E-state index in [1.54, 1.807) is 4.68 Å². The van der Waals surface area contributed by atoms with Gasteiger partial charge in [0, 0.05) is 31.4 Å². The van der Waals surface area contributed by atoms with Crippen LogP contribution in [0.4, 0.5) is 0 Å². The first-order valence-electron chi connectivity index (χ1n) is 7.50. The van der Waals surface area contributed by atoms with Gasteiger partial charge in [-0.15, -0.1) is 0 Å². The summed E-state index contributed by atoms with van der Waals surface area (Å²) in [6.07, 6.45) is 1.59. The molecule has 110 valence electrons. The second kappa shape index (κ2) is 4.56. The summed E-state index contributed by atoms with van der Waals surface area (Å²) in [7, 11) is 1.88. The molecule has 0 bridgehead atoms. The van der Waals surface area contributed by atoms with Crippen LogP contribution in [-0.4, -0.2) is 45.9 Å². The van der Waals surface area contributed by atoms with E-state index in [0.717, 1.165) is 23.9 Å². The van der Waals surface area contributed by atoms with E-state index in [2.05, 4.69) is 12.0 Å². The number of carbonyl (C=O) groups is 1. The summed E-state index contributed by atoms with van der Waals surface area (Å²) >= 11 is 0. The predicted molar refractivity (Wildman–Crippen MR) is 79.1 cm³/mol. The SMILES string of the molecule is C[C@@H]1C[C@H]2CN(C(=O)c3nn(C)c4ccccc34)C[C@H]2O1. The first kappa shape index (κ1) is 12.8. The zero-order valence-corrected chi connectivity index (χ0v) is 12.3. The van der Waals surface area contributed by atoms with Crippen molar-refractivity contribution in [3.63, 3.8) is 0 Å². The summed E-state index contributed by atoms with van der Waals surface area (Å²) in [5, 5.41) is 5.35. The number of aromatic nitrogens is 2. The zero-order valence-electron chi connectivity index (χ0n) is 12.3. The highest BCUT2D eigenvalue weighted by atomic mass is 16.5. The molecule has 0 aliphatic carbocycles. The van der Waals surface area contributed by atoms with E-state index in [1.807, 2.05) is 36.2 Å². The smallest absolute Gasteiger partial charge is 0.275 e. The Morgan fingerprint density at radius 2 is 2.14 bits per heavy atom. The first-order chi connectivity index (χ1) is 10.1. The summed E-state index contributed by atoms with van der Waals surface area (Å²) in [5.74, 6) is 0.511. The third-order valence-corrected chi connectivity index (χ3v) is 4.67. The minimum Gasteiger partial charge on any atom is -0.373 e. The van der Waals surface area contributed by atoms with Crippen LogP contribution >= 0.6 is 0 Å². The number of para-hydroxylation sites is 1. The highest BCUT2D eigenvalue weighted by Crippen LogP contribution is 2.33. The van der Waals surface area contributed by atoms with Gasteiger partial charge in [-0.25, -0.2) is 0 Å². The topological polar surface area (TPSA) is 47.4 Å². The molecule has 2 fully saturated rings. The van der Waals surface area contributed by atoms with Crippen LogP contribution in [0.1, 0.15) is 23.8 Å². The second-order valence-electron chi connectivity index (χ2n) is 6.18. The molecule has 2 aliphatic heterocycles. The number of hydrogen-bond donors (Lipinski definition) is 0. The maximum atomic E-state index is 12.8. The average molecular weight is 285 g/mol. The number of benzene rings is 1. The van der Waals surface area contributed by atoms with Crippen LogP contribution in [0, 0.1) is 5.92 Å². The molecular formula is C16H19N3O2. The number of carbonyl (C=O) groups excluding carboxylic acids is 1. The van der Waals surface area contributed by atoms with Gasteiger partial charge in [0.15, 0.2) is 5.69 Å². The fourth-order valence-electron chi connectivity index (χ4n) is 3.69. The van der Waals surface area contributed by atoms with E-state index in [0.29, 0.717) is 24.3 Å². The summed E-state index contributed by atoms with van der Waals surface area (Å²) in [6.45, 7) is 3.59. The predicted octanol–water partition coefficient (Wildman–Crippen LogP) is 1.82. The van der Waals surface area contributed by atoms with Gasteiger partial charge in [-0.3, -0.25) is 9.48 Å². The van der Waals surface area contributed by atoms with Crippen LogP contribution in [0.2, 0.25) is 0 Å². The summed E-state index contributed by atoms with van der Waals surface area (Å²) < 4.78 is 7.65. The van der Waals surface area contributed by atoms with Gasteiger partial charge in [0.1, 0.15) is 0 Å². The minimum absolute atomic E-state index is 0.0254. The molecule has 1 aromatic carbocycles. The normalized spacial score (nSPS) is 28.3. The number of fused-ring (bicyclic) bond motifs is 2. The minimum atomic E-state index is 0.0254. The quantitative estimate of drug-likeness (QED) is 0.803. The number of likely N-dealkylation sites (tertiary alicyclic amines) is 1. The standard InChI is InChI=1S/C16H19N3O2/c1-10-7-11-8-19(9-14(11)21-10)16(20)15-12-5-3-4-6-13(12)18(2)17-15/h3-6,10-11,14H,7-9H2,1-2H3/t10-,11+,14-/m1/s1. The molecule has 21 heavy (non-hydrogen) atoms. The molecular weight excluding hydrogens is 266 g/mol. The molecule has 4 rings (SSSR count). The van der Waals surface area contributed by atoms with Crippen molar-refractivity contribution in [1.82, 2.24) is 14.7 Å². The van der Waals surface area contributed by atoms with Crippen LogP contribution in [0.25, 0.3) is 10.9 Å². The van der Waals surface area contributed by atoms with E-state index in [4.69, 9.17) is 4.74 Å². The summed E-state index contributed by atoms with van der Waals surface area (Å²) in [5.41, 5.74) is 1.55. The van der Waals surface area contributed by atoms with Gasteiger partial charge in [0.05, 0.1) is 17.7 Å². The maximum absolute atomic E-state index is 12.8. The Bertz CT molecular complexity index is 695. The number of aryl methyl sites for hydroxylation is 1. The highest BCUT2D eigenvalue weighted by Gasteiger charge is 2.42. The fraction of sp³-hybridized carbons (Fsp3) is 0.500. The lowest BCUT2D eigenvalue weighted by molar-refractivity contribution is 0.0442. The molecule has 3 atom stereocenters. The largest absolute Gasteiger partial charge is 0.373 e. The zero-order chi connectivity index (χ0) is 14.6. The monoisotopic (exact) mass is 285 g/mol. The van der Waals surface area contributed by atoms with Crippen LogP contribution in [0.3, 0.4) is 0 Å². The molecule has 0 unspecified atom stereocenters. The van der Waals surface area contributed by atoms with Crippen molar-refractivity contribution in [2.24, 2.45) is 13.0 Å². The molecule has 2 aromatic rings. The third kappa shape index (κ3) is 1.95. The third-order valence-electron chi connectivity index (χ3n) is 4.67. The van der Waals surface area contributed by atoms with Crippen LogP contribution in [-0.2, 0) is 11.8 Å². The van der Waals surface area contributed by atoms with Crippen LogP contribution in [0.5, 0.6) is 0 Å². The molecule has 0 spiro atoms. The van der Waals surface area contributed by atoms with Gasteiger partial charge >= 0.3 is 0 Å².